The molecule has 0 saturated heterocycles. The molecule has 1 N–H and O–H groups in total. The van der Waals surface area contributed by atoms with Crippen molar-refractivity contribution in [2.24, 2.45) is 0 Å². The van der Waals surface area contributed by atoms with Crippen LogP contribution in [-0.2, 0) is 6.54 Å². The van der Waals surface area contributed by atoms with Crippen LogP contribution in [0.25, 0.3) is 0 Å². The molecular formula is C12H11BrN2O3. The molecule has 0 spiro atoms. The second-order valence-electron chi connectivity index (χ2n) is 3.51. The Morgan fingerprint density at radius 2 is 2.33 bits per heavy atom. The summed E-state index contributed by atoms with van der Waals surface area (Å²) >= 11 is 3.33. The van der Waals surface area contributed by atoms with Crippen LogP contribution in [0, 0.1) is 0 Å². The smallest absolute Gasteiger partial charge is 0.251 e. The average Bonchev–Trinajstić information content (AvgIpc) is 2.89. The highest BCUT2D eigenvalue weighted by Gasteiger charge is 2.09. The number of nitrogens with zero attached hydrogens (tertiary/aromatic N) is 1. The molecule has 0 atom stereocenters. The number of carbonyl (C=O) groups excluding carboxylic acids is 1. The summed E-state index contributed by atoms with van der Waals surface area (Å²) in [5.74, 6) is 1.10. The third-order valence-electron chi connectivity index (χ3n) is 2.33. The van der Waals surface area contributed by atoms with Crippen LogP contribution in [0.3, 0.4) is 0 Å². The number of rotatable bonds is 4. The third-order valence-corrected chi connectivity index (χ3v) is 2.95. The molecule has 18 heavy (non-hydrogen) atoms. The number of hydrogen-bond acceptors (Lipinski definition) is 4. The molecule has 0 radical (unpaired) electrons. The lowest BCUT2D eigenvalue weighted by Gasteiger charge is -2.06. The van der Waals surface area contributed by atoms with Crippen molar-refractivity contribution in [3.05, 3.63) is 46.3 Å². The highest BCUT2D eigenvalue weighted by atomic mass is 79.9. The van der Waals surface area contributed by atoms with Gasteiger partial charge < -0.3 is 14.6 Å². The van der Waals surface area contributed by atoms with Crippen LogP contribution in [-0.4, -0.2) is 18.2 Å². The summed E-state index contributed by atoms with van der Waals surface area (Å²) in [4.78, 5) is 11.9. The zero-order valence-electron chi connectivity index (χ0n) is 9.64. The number of methoxy groups -OCH3 is 1. The van der Waals surface area contributed by atoms with E-state index in [-0.39, 0.29) is 5.91 Å². The Balaban J connectivity index is 2.02. The molecule has 0 saturated carbocycles. The molecule has 2 rings (SSSR count). The maximum atomic E-state index is 11.9. The van der Waals surface area contributed by atoms with E-state index >= 15 is 0 Å². The van der Waals surface area contributed by atoms with Crippen molar-refractivity contribution < 1.29 is 14.1 Å². The van der Waals surface area contributed by atoms with Crippen molar-refractivity contribution in [3.8, 4) is 5.75 Å². The quantitative estimate of drug-likeness (QED) is 0.941. The van der Waals surface area contributed by atoms with E-state index in [0.717, 1.165) is 4.47 Å². The molecular weight excluding hydrogens is 300 g/mol. The molecule has 0 aliphatic rings. The summed E-state index contributed by atoms with van der Waals surface area (Å²) in [5, 5.41) is 6.29. The molecule has 1 aromatic heterocycles. The lowest BCUT2D eigenvalue weighted by Crippen LogP contribution is -2.22. The van der Waals surface area contributed by atoms with Crippen molar-refractivity contribution in [1.29, 1.82) is 0 Å². The Kier molecular flexibility index (Phi) is 3.99. The fourth-order valence-electron chi connectivity index (χ4n) is 1.41. The van der Waals surface area contributed by atoms with Gasteiger partial charge in [0, 0.05) is 11.6 Å². The van der Waals surface area contributed by atoms with Gasteiger partial charge in [0.05, 0.1) is 24.3 Å². The van der Waals surface area contributed by atoms with Gasteiger partial charge in [-0.2, -0.15) is 0 Å². The highest BCUT2D eigenvalue weighted by molar-refractivity contribution is 9.10. The topological polar surface area (TPSA) is 64.4 Å². The van der Waals surface area contributed by atoms with Gasteiger partial charge in [-0.1, -0.05) is 5.16 Å². The maximum Gasteiger partial charge on any atom is 0.251 e. The van der Waals surface area contributed by atoms with Gasteiger partial charge in [-0.15, -0.1) is 0 Å². The number of carbonyl (C=O) groups is 1. The fourth-order valence-corrected chi connectivity index (χ4v) is 1.95. The van der Waals surface area contributed by atoms with Gasteiger partial charge in [-0.3, -0.25) is 4.79 Å². The van der Waals surface area contributed by atoms with E-state index in [1.807, 2.05) is 0 Å². The Morgan fingerprint density at radius 3 is 2.94 bits per heavy atom. The number of nitrogens with one attached hydrogen (secondary N) is 1. The van der Waals surface area contributed by atoms with E-state index in [0.29, 0.717) is 23.6 Å². The molecule has 0 aliphatic carbocycles. The molecule has 0 fully saturated rings. The molecule has 94 valence electrons. The lowest BCUT2D eigenvalue weighted by molar-refractivity contribution is 0.0947. The number of benzene rings is 1. The van der Waals surface area contributed by atoms with Crippen LogP contribution in [0.4, 0.5) is 0 Å². The first kappa shape index (κ1) is 12.6. The van der Waals surface area contributed by atoms with Gasteiger partial charge >= 0.3 is 0 Å². The summed E-state index contributed by atoms with van der Waals surface area (Å²) in [6.45, 7) is 0.308. The predicted molar refractivity (Wildman–Crippen MR) is 68.4 cm³/mol. The largest absolute Gasteiger partial charge is 0.496 e. The first-order valence-corrected chi connectivity index (χ1v) is 6.01. The second kappa shape index (κ2) is 5.68. The standard InChI is InChI=1S/C12H11BrN2O3/c1-17-11-3-2-8(6-10(11)13)12(16)14-7-9-4-5-15-18-9/h2-6H,7H2,1H3,(H,14,16). The molecule has 1 amide bonds. The number of halogens is 1. The van der Waals surface area contributed by atoms with Gasteiger partial charge in [-0.25, -0.2) is 0 Å². The van der Waals surface area contributed by atoms with Crippen molar-refractivity contribution >= 4 is 21.8 Å². The Morgan fingerprint density at radius 1 is 1.50 bits per heavy atom. The normalized spacial score (nSPS) is 10.1. The first-order valence-electron chi connectivity index (χ1n) is 5.22. The number of aromatic nitrogens is 1. The molecule has 2 aromatic rings. The number of amides is 1. The molecule has 0 bridgehead atoms. The number of hydrogen-bond donors (Lipinski definition) is 1. The second-order valence-corrected chi connectivity index (χ2v) is 4.37. The summed E-state index contributed by atoms with van der Waals surface area (Å²) in [5.41, 5.74) is 0.544. The molecule has 6 heteroatoms. The van der Waals surface area contributed by atoms with Crippen LogP contribution >= 0.6 is 15.9 Å². The van der Waals surface area contributed by atoms with Gasteiger partial charge in [0.2, 0.25) is 0 Å². The summed E-state index contributed by atoms with van der Waals surface area (Å²) in [6.07, 6.45) is 1.53. The SMILES string of the molecule is COc1ccc(C(=O)NCc2ccno2)cc1Br. The minimum absolute atomic E-state index is 0.185. The minimum Gasteiger partial charge on any atom is -0.496 e. The summed E-state index contributed by atoms with van der Waals surface area (Å²) in [6, 6.07) is 6.82. The molecule has 0 unspecified atom stereocenters. The fraction of sp³-hybridized carbons (Fsp3) is 0.167. The van der Waals surface area contributed by atoms with Crippen molar-refractivity contribution in [1.82, 2.24) is 10.5 Å². The minimum atomic E-state index is -0.185. The van der Waals surface area contributed by atoms with E-state index in [1.54, 1.807) is 31.4 Å². The Hall–Kier alpha value is -1.82. The van der Waals surface area contributed by atoms with E-state index in [4.69, 9.17) is 9.26 Å². The van der Waals surface area contributed by atoms with Crippen LogP contribution in [0.5, 0.6) is 5.75 Å². The van der Waals surface area contributed by atoms with Crippen molar-refractivity contribution in [3.63, 3.8) is 0 Å². The maximum absolute atomic E-state index is 11.9. The summed E-state index contributed by atoms with van der Waals surface area (Å²) < 4.78 is 10.7. The van der Waals surface area contributed by atoms with Gasteiger partial charge in [-0.05, 0) is 34.1 Å². The zero-order chi connectivity index (χ0) is 13.0. The van der Waals surface area contributed by atoms with Crippen LogP contribution < -0.4 is 10.1 Å². The molecule has 0 aliphatic heterocycles. The highest BCUT2D eigenvalue weighted by Crippen LogP contribution is 2.25. The van der Waals surface area contributed by atoms with Crippen molar-refractivity contribution in [2.45, 2.75) is 6.54 Å². The van der Waals surface area contributed by atoms with Gasteiger partial charge in [0.25, 0.3) is 5.91 Å². The molecule has 5 nitrogen and oxygen atoms in total. The molecule has 1 aromatic carbocycles. The van der Waals surface area contributed by atoms with E-state index in [1.165, 1.54) is 6.20 Å². The van der Waals surface area contributed by atoms with Crippen LogP contribution in [0.1, 0.15) is 16.1 Å². The molecule has 1 heterocycles. The third kappa shape index (κ3) is 2.89. The lowest BCUT2D eigenvalue weighted by atomic mass is 10.2. The van der Waals surface area contributed by atoms with Crippen LogP contribution in [0.2, 0.25) is 0 Å². The monoisotopic (exact) mass is 310 g/mol. The zero-order valence-corrected chi connectivity index (χ0v) is 11.2. The van der Waals surface area contributed by atoms with E-state index in [9.17, 15) is 4.79 Å². The van der Waals surface area contributed by atoms with Gasteiger partial charge in [0.1, 0.15) is 5.75 Å². The first-order chi connectivity index (χ1) is 8.70. The Bertz CT molecular complexity index is 540. The summed E-state index contributed by atoms with van der Waals surface area (Å²) in [7, 11) is 1.57. The van der Waals surface area contributed by atoms with Crippen molar-refractivity contribution in [2.75, 3.05) is 7.11 Å². The average molecular weight is 311 g/mol. The number of ether oxygens (including phenoxy) is 1. The van der Waals surface area contributed by atoms with E-state index < -0.39 is 0 Å². The van der Waals surface area contributed by atoms with Crippen LogP contribution in [0.15, 0.2) is 39.5 Å². The van der Waals surface area contributed by atoms with Gasteiger partial charge in [0.15, 0.2) is 5.76 Å². The predicted octanol–water partition coefficient (Wildman–Crippen LogP) is 2.38. The Labute approximate surface area is 112 Å². The van der Waals surface area contributed by atoms with E-state index in [2.05, 4.69) is 26.4 Å².